The number of hydrogen-bond donors (Lipinski definition) is 1. The van der Waals surface area contributed by atoms with Crippen LogP contribution >= 0.6 is 11.6 Å². The molecule has 0 fully saturated rings. The molecular weight excluding hydrogens is 136 g/mol. The highest BCUT2D eigenvalue weighted by Crippen LogP contribution is 2.07. The van der Waals surface area contributed by atoms with Crippen molar-refractivity contribution in [2.45, 2.75) is 44.6 Å². The Labute approximate surface area is 62.0 Å². The standard InChI is InChI=1S/C7H15ClO/c1-6(8)4-3-5-7(2)9/h6-7,9H,3-5H2,1-2H3. The topological polar surface area (TPSA) is 20.2 Å². The molecule has 9 heavy (non-hydrogen) atoms. The summed E-state index contributed by atoms with van der Waals surface area (Å²) in [6, 6.07) is 0. The molecule has 0 aromatic carbocycles. The summed E-state index contributed by atoms with van der Waals surface area (Å²) in [6.07, 6.45) is 2.74. The molecule has 0 aliphatic heterocycles. The molecule has 0 heterocycles. The lowest BCUT2D eigenvalue weighted by atomic mass is 10.1. The van der Waals surface area contributed by atoms with Crippen LogP contribution in [0.1, 0.15) is 33.1 Å². The van der Waals surface area contributed by atoms with E-state index in [-0.39, 0.29) is 11.5 Å². The fourth-order valence-corrected chi connectivity index (χ4v) is 0.849. The van der Waals surface area contributed by atoms with Crippen molar-refractivity contribution in [3.8, 4) is 0 Å². The van der Waals surface area contributed by atoms with Crippen molar-refractivity contribution in [2.75, 3.05) is 0 Å². The van der Waals surface area contributed by atoms with Gasteiger partial charge in [0, 0.05) is 5.38 Å². The second kappa shape index (κ2) is 5.07. The molecule has 0 bridgehead atoms. The Morgan fingerprint density at radius 2 is 1.89 bits per heavy atom. The maximum absolute atomic E-state index is 8.82. The molecule has 0 aliphatic rings. The maximum atomic E-state index is 8.82. The third kappa shape index (κ3) is 8.25. The van der Waals surface area contributed by atoms with Crippen LogP contribution in [0.15, 0.2) is 0 Å². The third-order valence-electron chi connectivity index (χ3n) is 1.22. The van der Waals surface area contributed by atoms with E-state index >= 15 is 0 Å². The molecular formula is C7H15ClO. The van der Waals surface area contributed by atoms with E-state index in [9.17, 15) is 0 Å². The first kappa shape index (κ1) is 9.25. The first-order chi connectivity index (χ1) is 4.13. The minimum absolute atomic E-state index is 0.166. The molecule has 2 atom stereocenters. The van der Waals surface area contributed by atoms with Gasteiger partial charge >= 0.3 is 0 Å². The molecule has 1 nitrogen and oxygen atoms in total. The molecule has 1 N–H and O–H groups in total. The van der Waals surface area contributed by atoms with Gasteiger partial charge in [-0.2, -0.15) is 0 Å². The molecule has 0 rings (SSSR count). The van der Waals surface area contributed by atoms with E-state index < -0.39 is 0 Å². The molecule has 0 aromatic rings. The predicted molar refractivity (Wildman–Crippen MR) is 40.8 cm³/mol. The predicted octanol–water partition coefficient (Wildman–Crippen LogP) is 2.16. The fraction of sp³-hybridized carbons (Fsp3) is 1.00. The van der Waals surface area contributed by atoms with Gasteiger partial charge in [0.2, 0.25) is 0 Å². The van der Waals surface area contributed by atoms with E-state index in [0.717, 1.165) is 19.3 Å². The number of aliphatic hydroxyl groups is 1. The van der Waals surface area contributed by atoms with Crippen molar-refractivity contribution < 1.29 is 5.11 Å². The average Bonchev–Trinajstić information content (AvgIpc) is 1.63. The maximum Gasteiger partial charge on any atom is 0.0512 e. The van der Waals surface area contributed by atoms with Crippen LogP contribution in [0, 0.1) is 0 Å². The highest BCUT2D eigenvalue weighted by molar-refractivity contribution is 6.20. The molecule has 0 amide bonds. The van der Waals surface area contributed by atoms with Gasteiger partial charge in [-0.15, -0.1) is 11.6 Å². The number of hydrogen-bond acceptors (Lipinski definition) is 1. The molecule has 56 valence electrons. The van der Waals surface area contributed by atoms with Crippen LogP contribution in [0.5, 0.6) is 0 Å². The summed E-state index contributed by atoms with van der Waals surface area (Å²) in [5.41, 5.74) is 0. The van der Waals surface area contributed by atoms with Crippen molar-refractivity contribution >= 4 is 11.6 Å². The van der Waals surface area contributed by atoms with Crippen LogP contribution in [0.4, 0.5) is 0 Å². The zero-order valence-corrected chi connectivity index (χ0v) is 6.86. The average molecular weight is 151 g/mol. The van der Waals surface area contributed by atoms with Crippen molar-refractivity contribution in [3.05, 3.63) is 0 Å². The lowest BCUT2D eigenvalue weighted by molar-refractivity contribution is 0.180. The lowest BCUT2D eigenvalue weighted by Gasteiger charge is -2.03. The Morgan fingerprint density at radius 1 is 1.33 bits per heavy atom. The Balaban J connectivity index is 2.91. The Morgan fingerprint density at radius 3 is 2.22 bits per heavy atom. The van der Waals surface area contributed by atoms with E-state index in [1.807, 2.05) is 6.92 Å². The molecule has 0 aromatic heterocycles. The largest absolute Gasteiger partial charge is 0.393 e. The van der Waals surface area contributed by atoms with Gasteiger partial charge in [-0.05, 0) is 33.1 Å². The molecule has 0 radical (unpaired) electrons. The van der Waals surface area contributed by atoms with Crippen LogP contribution < -0.4 is 0 Å². The summed E-state index contributed by atoms with van der Waals surface area (Å²) >= 11 is 5.68. The van der Waals surface area contributed by atoms with Gasteiger partial charge in [-0.3, -0.25) is 0 Å². The molecule has 2 unspecified atom stereocenters. The van der Waals surface area contributed by atoms with Gasteiger partial charge in [0.1, 0.15) is 0 Å². The Kier molecular flexibility index (Phi) is 5.21. The van der Waals surface area contributed by atoms with Crippen molar-refractivity contribution in [1.82, 2.24) is 0 Å². The quantitative estimate of drug-likeness (QED) is 0.609. The van der Waals surface area contributed by atoms with Crippen LogP contribution in [-0.4, -0.2) is 16.6 Å². The van der Waals surface area contributed by atoms with Crippen molar-refractivity contribution in [3.63, 3.8) is 0 Å². The monoisotopic (exact) mass is 150 g/mol. The van der Waals surface area contributed by atoms with E-state index in [2.05, 4.69) is 0 Å². The number of alkyl halides is 1. The molecule has 0 aliphatic carbocycles. The minimum Gasteiger partial charge on any atom is -0.393 e. The fourth-order valence-electron chi connectivity index (χ4n) is 0.695. The van der Waals surface area contributed by atoms with Crippen LogP contribution in [-0.2, 0) is 0 Å². The van der Waals surface area contributed by atoms with Crippen LogP contribution in [0.25, 0.3) is 0 Å². The Hall–Kier alpha value is 0.250. The third-order valence-corrected chi connectivity index (χ3v) is 1.44. The SMILES string of the molecule is CC(O)CCCC(C)Cl. The summed E-state index contributed by atoms with van der Waals surface area (Å²) in [5.74, 6) is 0. The van der Waals surface area contributed by atoms with Gasteiger partial charge in [-0.1, -0.05) is 0 Å². The minimum atomic E-state index is -0.166. The van der Waals surface area contributed by atoms with Crippen LogP contribution in [0.3, 0.4) is 0 Å². The van der Waals surface area contributed by atoms with Crippen molar-refractivity contribution in [1.29, 1.82) is 0 Å². The van der Waals surface area contributed by atoms with Gasteiger partial charge in [0.15, 0.2) is 0 Å². The highest BCUT2D eigenvalue weighted by atomic mass is 35.5. The highest BCUT2D eigenvalue weighted by Gasteiger charge is 1.98. The second-order valence-corrected chi connectivity index (χ2v) is 3.31. The summed E-state index contributed by atoms with van der Waals surface area (Å²) < 4.78 is 0. The summed E-state index contributed by atoms with van der Waals surface area (Å²) in [7, 11) is 0. The van der Waals surface area contributed by atoms with Gasteiger partial charge in [0.05, 0.1) is 6.10 Å². The number of halogens is 1. The second-order valence-electron chi connectivity index (χ2n) is 2.56. The molecule has 0 saturated heterocycles. The van der Waals surface area contributed by atoms with E-state index in [1.165, 1.54) is 0 Å². The normalized spacial score (nSPS) is 17.3. The van der Waals surface area contributed by atoms with Crippen molar-refractivity contribution in [2.24, 2.45) is 0 Å². The van der Waals surface area contributed by atoms with Crippen LogP contribution in [0.2, 0.25) is 0 Å². The number of aliphatic hydroxyl groups excluding tert-OH is 1. The molecule has 0 spiro atoms. The van der Waals surface area contributed by atoms with E-state index in [0.29, 0.717) is 0 Å². The lowest BCUT2D eigenvalue weighted by Crippen LogP contribution is -2.00. The smallest absolute Gasteiger partial charge is 0.0512 e. The van der Waals surface area contributed by atoms with Gasteiger partial charge < -0.3 is 5.11 Å². The summed E-state index contributed by atoms with van der Waals surface area (Å²) in [6.45, 7) is 3.78. The van der Waals surface area contributed by atoms with Gasteiger partial charge in [-0.25, -0.2) is 0 Å². The van der Waals surface area contributed by atoms with E-state index in [1.54, 1.807) is 6.92 Å². The summed E-state index contributed by atoms with van der Waals surface area (Å²) in [5, 5.41) is 9.08. The summed E-state index contributed by atoms with van der Waals surface area (Å²) in [4.78, 5) is 0. The molecule has 2 heteroatoms. The zero-order valence-electron chi connectivity index (χ0n) is 6.10. The molecule has 0 saturated carbocycles. The first-order valence-electron chi connectivity index (χ1n) is 3.45. The Bertz CT molecular complexity index is 53.9. The zero-order chi connectivity index (χ0) is 7.28. The van der Waals surface area contributed by atoms with E-state index in [4.69, 9.17) is 16.7 Å². The first-order valence-corrected chi connectivity index (χ1v) is 3.88. The number of rotatable bonds is 4. The van der Waals surface area contributed by atoms with Gasteiger partial charge in [0.25, 0.3) is 0 Å².